The summed E-state index contributed by atoms with van der Waals surface area (Å²) in [5.41, 5.74) is 4.92. The number of benzene rings is 1. The minimum Gasteiger partial charge on any atom is -0.356 e. The van der Waals surface area contributed by atoms with Gasteiger partial charge in [0.2, 0.25) is 0 Å². The highest BCUT2D eigenvalue weighted by atomic mass is 32.1. The van der Waals surface area contributed by atoms with Crippen molar-refractivity contribution < 1.29 is 0 Å². The van der Waals surface area contributed by atoms with Crippen LogP contribution in [-0.4, -0.2) is 10.1 Å². The summed E-state index contributed by atoms with van der Waals surface area (Å²) in [6.45, 7) is 8.34. The van der Waals surface area contributed by atoms with Gasteiger partial charge in [0.05, 0.1) is 6.04 Å². The zero-order valence-electron chi connectivity index (χ0n) is 12.9. The molecule has 0 fully saturated rings. The smallest absolute Gasteiger partial charge is 0.172 e. The summed E-state index contributed by atoms with van der Waals surface area (Å²) in [5, 5.41) is 6.99. The number of hydrogen-bond acceptors (Lipinski definition) is 2. The van der Waals surface area contributed by atoms with E-state index in [4.69, 9.17) is 12.2 Å². The number of nitrogens with zero attached hydrogens (tertiary/aromatic N) is 1. The van der Waals surface area contributed by atoms with Crippen LogP contribution in [0.4, 0.5) is 5.82 Å². The van der Waals surface area contributed by atoms with E-state index in [0.717, 1.165) is 11.4 Å². The Hall–Kier alpha value is -1.94. The van der Waals surface area contributed by atoms with Gasteiger partial charge in [0.25, 0.3) is 0 Å². The number of rotatable bonds is 3. The fourth-order valence-electron chi connectivity index (χ4n) is 2.28. The van der Waals surface area contributed by atoms with Gasteiger partial charge in [-0.1, -0.05) is 29.8 Å². The van der Waals surface area contributed by atoms with Crippen LogP contribution in [0.1, 0.15) is 35.2 Å². The van der Waals surface area contributed by atoms with Gasteiger partial charge in [0.1, 0.15) is 5.82 Å². The number of anilines is 1. The first-order valence-corrected chi connectivity index (χ1v) is 7.44. The molecule has 110 valence electrons. The van der Waals surface area contributed by atoms with Gasteiger partial charge < -0.3 is 10.6 Å². The molecule has 0 saturated carbocycles. The highest BCUT2D eigenvalue weighted by Crippen LogP contribution is 2.18. The number of thiocarbonyl (C=S) groups is 1. The predicted octanol–water partition coefficient (Wildman–Crippen LogP) is 4.05. The molecule has 1 aromatic carbocycles. The molecule has 1 aromatic heterocycles. The average Bonchev–Trinajstić information content (AvgIpc) is 2.41. The van der Waals surface area contributed by atoms with E-state index in [1.807, 2.05) is 25.3 Å². The average molecular weight is 299 g/mol. The summed E-state index contributed by atoms with van der Waals surface area (Å²) in [5.74, 6) is 0.755. The molecule has 0 amide bonds. The van der Waals surface area contributed by atoms with Gasteiger partial charge in [-0.3, -0.25) is 0 Å². The van der Waals surface area contributed by atoms with Crippen LogP contribution in [0.15, 0.2) is 36.5 Å². The van der Waals surface area contributed by atoms with E-state index in [-0.39, 0.29) is 6.04 Å². The topological polar surface area (TPSA) is 37.0 Å². The molecule has 4 heteroatoms. The molecule has 21 heavy (non-hydrogen) atoms. The van der Waals surface area contributed by atoms with Crippen LogP contribution in [0.5, 0.6) is 0 Å². The third-order valence-electron chi connectivity index (χ3n) is 3.39. The number of pyridine rings is 1. The largest absolute Gasteiger partial charge is 0.356 e. The molecule has 2 rings (SSSR count). The summed E-state index contributed by atoms with van der Waals surface area (Å²) in [7, 11) is 0. The number of aryl methyl sites for hydroxylation is 3. The second kappa shape index (κ2) is 6.68. The number of nitrogens with one attached hydrogen (secondary N) is 2. The molecule has 0 bridgehead atoms. The van der Waals surface area contributed by atoms with E-state index in [1.165, 1.54) is 16.7 Å². The van der Waals surface area contributed by atoms with Gasteiger partial charge in [0, 0.05) is 6.20 Å². The van der Waals surface area contributed by atoms with Crippen molar-refractivity contribution in [3.8, 4) is 0 Å². The first kappa shape index (κ1) is 15.4. The molecular formula is C17H21N3S. The normalized spacial score (nSPS) is 11.8. The van der Waals surface area contributed by atoms with Crippen molar-refractivity contribution in [2.75, 3.05) is 5.32 Å². The Bertz CT molecular complexity index is 635. The van der Waals surface area contributed by atoms with Crippen molar-refractivity contribution in [2.45, 2.75) is 33.7 Å². The van der Waals surface area contributed by atoms with Crippen LogP contribution >= 0.6 is 12.2 Å². The lowest BCUT2D eigenvalue weighted by Gasteiger charge is -2.19. The van der Waals surface area contributed by atoms with E-state index in [1.54, 1.807) is 0 Å². The second-order valence-corrected chi connectivity index (χ2v) is 5.81. The molecule has 0 saturated heterocycles. The molecule has 0 spiro atoms. The van der Waals surface area contributed by atoms with E-state index < -0.39 is 0 Å². The fraction of sp³-hybridized carbons (Fsp3) is 0.294. The molecule has 2 N–H and O–H groups in total. The SMILES string of the molecule is Cc1ccc(NC(=S)N[C@H](C)c2ccc(C)cc2C)nc1. The molecule has 0 radical (unpaired) electrons. The lowest BCUT2D eigenvalue weighted by Crippen LogP contribution is -2.31. The maximum atomic E-state index is 5.35. The van der Waals surface area contributed by atoms with Crippen molar-refractivity contribution >= 4 is 23.1 Å². The van der Waals surface area contributed by atoms with Crippen LogP contribution in [0.3, 0.4) is 0 Å². The summed E-state index contributed by atoms with van der Waals surface area (Å²) in [6.07, 6.45) is 1.82. The molecule has 0 aliphatic heterocycles. The Balaban J connectivity index is 2.00. The highest BCUT2D eigenvalue weighted by Gasteiger charge is 2.10. The Morgan fingerprint density at radius 3 is 2.43 bits per heavy atom. The van der Waals surface area contributed by atoms with Crippen LogP contribution < -0.4 is 10.6 Å². The van der Waals surface area contributed by atoms with Crippen LogP contribution in [0.2, 0.25) is 0 Å². The van der Waals surface area contributed by atoms with Crippen molar-refractivity contribution in [2.24, 2.45) is 0 Å². The monoisotopic (exact) mass is 299 g/mol. The molecule has 1 heterocycles. The first-order valence-electron chi connectivity index (χ1n) is 7.03. The van der Waals surface area contributed by atoms with Gasteiger partial charge in [-0.25, -0.2) is 4.98 Å². The Morgan fingerprint density at radius 2 is 1.81 bits per heavy atom. The fourth-order valence-corrected chi connectivity index (χ4v) is 2.56. The Morgan fingerprint density at radius 1 is 1.10 bits per heavy atom. The Labute approximate surface area is 131 Å². The maximum Gasteiger partial charge on any atom is 0.172 e. The zero-order chi connectivity index (χ0) is 15.4. The lowest BCUT2D eigenvalue weighted by molar-refractivity contribution is 0.716. The minimum atomic E-state index is 0.149. The summed E-state index contributed by atoms with van der Waals surface area (Å²) in [6, 6.07) is 10.5. The van der Waals surface area contributed by atoms with Crippen molar-refractivity contribution in [3.63, 3.8) is 0 Å². The van der Waals surface area contributed by atoms with E-state index in [0.29, 0.717) is 5.11 Å². The number of hydrogen-bond donors (Lipinski definition) is 2. The van der Waals surface area contributed by atoms with Crippen molar-refractivity contribution in [3.05, 3.63) is 58.8 Å². The van der Waals surface area contributed by atoms with Gasteiger partial charge in [-0.15, -0.1) is 0 Å². The van der Waals surface area contributed by atoms with Gasteiger partial charge in [0.15, 0.2) is 5.11 Å². The van der Waals surface area contributed by atoms with Gasteiger partial charge in [-0.2, -0.15) is 0 Å². The van der Waals surface area contributed by atoms with Crippen LogP contribution in [0, 0.1) is 20.8 Å². The van der Waals surface area contributed by atoms with Crippen LogP contribution in [-0.2, 0) is 0 Å². The second-order valence-electron chi connectivity index (χ2n) is 5.40. The quantitative estimate of drug-likeness (QED) is 0.838. The molecule has 0 unspecified atom stereocenters. The molecule has 1 atom stereocenters. The van der Waals surface area contributed by atoms with Crippen LogP contribution in [0.25, 0.3) is 0 Å². The zero-order valence-corrected chi connectivity index (χ0v) is 13.7. The molecule has 0 aliphatic carbocycles. The predicted molar refractivity (Wildman–Crippen MR) is 92.7 cm³/mol. The van der Waals surface area contributed by atoms with Crippen molar-refractivity contribution in [1.29, 1.82) is 0 Å². The highest BCUT2D eigenvalue weighted by molar-refractivity contribution is 7.80. The summed E-state index contributed by atoms with van der Waals surface area (Å²) < 4.78 is 0. The maximum absolute atomic E-state index is 5.35. The van der Waals surface area contributed by atoms with Crippen molar-refractivity contribution in [1.82, 2.24) is 10.3 Å². The molecule has 2 aromatic rings. The molecular weight excluding hydrogens is 278 g/mol. The van der Waals surface area contributed by atoms with E-state index in [2.05, 4.69) is 54.6 Å². The van der Waals surface area contributed by atoms with Gasteiger partial charge in [-0.05, 0) is 62.7 Å². The third kappa shape index (κ3) is 4.26. The standard InChI is InChI=1S/C17H21N3S/c1-11-5-7-15(13(3)9-11)14(4)19-17(21)20-16-8-6-12(2)10-18-16/h5-10,14H,1-4H3,(H2,18,19,20,21)/t14-/m1/s1. The third-order valence-corrected chi connectivity index (χ3v) is 3.61. The van der Waals surface area contributed by atoms with E-state index in [9.17, 15) is 0 Å². The lowest BCUT2D eigenvalue weighted by atomic mass is 10.0. The Kier molecular flexibility index (Phi) is 4.91. The first-order chi connectivity index (χ1) is 9.95. The molecule has 0 aliphatic rings. The van der Waals surface area contributed by atoms with E-state index >= 15 is 0 Å². The van der Waals surface area contributed by atoms with Gasteiger partial charge >= 0.3 is 0 Å². The minimum absolute atomic E-state index is 0.149. The summed E-state index contributed by atoms with van der Waals surface area (Å²) >= 11 is 5.35. The summed E-state index contributed by atoms with van der Waals surface area (Å²) in [4.78, 5) is 4.29. The number of aromatic nitrogens is 1. The molecule has 3 nitrogen and oxygen atoms in total.